The molecule has 1 aromatic carbocycles. The number of nitrogens with zero attached hydrogens (tertiary/aromatic N) is 2. The SMILES string of the molecule is CC1(C(=O)O)CCN(Cc2csc(CCc3ccccc3)n2)C1. The van der Waals surface area contributed by atoms with Crippen molar-refractivity contribution in [3.05, 3.63) is 52.0 Å². The molecule has 1 aromatic heterocycles. The molecule has 4 nitrogen and oxygen atoms in total. The van der Waals surface area contributed by atoms with Crippen LogP contribution >= 0.6 is 11.3 Å². The molecule has 1 aliphatic heterocycles. The van der Waals surface area contributed by atoms with Crippen LogP contribution in [-0.2, 0) is 24.2 Å². The van der Waals surface area contributed by atoms with E-state index in [9.17, 15) is 9.90 Å². The van der Waals surface area contributed by atoms with E-state index >= 15 is 0 Å². The quantitative estimate of drug-likeness (QED) is 0.883. The van der Waals surface area contributed by atoms with Crippen molar-refractivity contribution in [1.82, 2.24) is 9.88 Å². The molecule has 122 valence electrons. The van der Waals surface area contributed by atoms with E-state index in [2.05, 4.69) is 34.5 Å². The standard InChI is InChI=1S/C18H22N2O2S/c1-18(17(21)22)9-10-20(13-18)11-15-12-23-16(19-15)8-7-14-5-3-2-4-6-14/h2-6,12H,7-11,13H2,1H3,(H,21,22). The highest BCUT2D eigenvalue weighted by atomic mass is 32.1. The third-order valence-electron chi connectivity index (χ3n) is 4.52. The van der Waals surface area contributed by atoms with Gasteiger partial charge < -0.3 is 5.11 Å². The van der Waals surface area contributed by atoms with E-state index in [1.165, 1.54) is 5.56 Å². The molecule has 0 saturated carbocycles. The minimum Gasteiger partial charge on any atom is -0.481 e. The summed E-state index contributed by atoms with van der Waals surface area (Å²) in [4.78, 5) is 18.2. The first-order chi connectivity index (χ1) is 11.0. The van der Waals surface area contributed by atoms with Crippen molar-refractivity contribution in [3.8, 4) is 0 Å². The average molecular weight is 330 g/mol. The number of carboxylic acids is 1. The number of aromatic nitrogens is 1. The predicted molar refractivity (Wildman–Crippen MR) is 91.6 cm³/mol. The number of rotatable bonds is 6. The van der Waals surface area contributed by atoms with Gasteiger partial charge in [0.15, 0.2) is 0 Å². The Labute approximate surface area is 140 Å². The number of likely N-dealkylation sites (tertiary alicyclic amines) is 1. The summed E-state index contributed by atoms with van der Waals surface area (Å²) < 4.78 is 0. The summed E-state index contributed by atoms with van der Waals surface area (Å²) in [6, 6.07) is 10.5. The van der Waals surface area contributed by atoms with Gasteiger partial charge in [-0.05, 0) is 31.9 Å². The first-order valence-corrected chi connectivity index (χ1v) is 8.86. The minimum absolute atomic E-state index is 0.605. The molecule has 0 spiro atoms. The summed E-state index contributed by atoms with van der Waals surface area (Å²) >= 11 is 1.70. The topological polar surface area (TPSA) is 53.4 Å². The summed E-state index contributed by atoms with van der Waals surface area (Å²) in [6.45, 7) is 4.03. The number of hydrogen-bond acceptors (Lipinski definition) is 4. The fourth-order valence-electron chi connectivity index (χ4n) is 3.03. The van der Waals surface area contributed by atoms with Gasteiger partial charge in [0, 0.05) is 24.9 Å². The van der Waals surface area contributed by atoms with E-state index in [0.717, 1.165) is 36.6 Å². The van der Waals surface area contributed by atoms with Crippen LogP contribution < -0.4 is 0 Å². The first-order valence-electron chi connectivity index (χ1n) is 7.98. The lowest BCUT2D eigenvalue weighted by atomic mass is 9.90. The zero-order valence-electron chi connectivity index (χ0n) is 13.4. The molecule has 1 unspecified atom stereocenters. The van der Waals surface area contributed by atoms with E-state index in [-0.39, 0.29) is 0 Å². The molecule has 3 rings (SSSR count). The summed E-state index contributed by atoms with van der Waals surface area (Å²) in [5.41, 5.74) is 1.79. The fourth-order valence-corrected chi connectivity index (χ4v) is 3.82. The van der Waals surface area contributed by atoms with E-state index in [1.807, 2.05) is 13.0 Å². The van der Waals surface area contributed by atoms with Crippen LogP contribution in [0, 0.1) is 5.41 Å². The Bertz CT molecular complexity index is 671. The molecule has 2 aromatic rings. The lowest BCUT2D eigenvalue weighted by Crippen LogP contribution is -2.31. The van der Waals surface area contributed by atoms with Gasteiger partial charge in [-0.2, -0.15) is 0 Å². The maximum Gasteiger partial charge on any atom is 0.310 e. The molecule has 0 bridgehead atoms. The van der Waals surface area contributed by atoms with Gasteiger partial charge in [-0.3, -0.25) is 9.69 Å². The van der Waals surface area contributed by atoms with Gasteiger partial charge in [-0.25, -0.2) is 4.98 Å². The Morgan fingerprint density at radius 1 is 1.35 bits per heavy atom. The third-order valence-corrected chi connectivity index (χ3v) is 5.48. The van der Waals surface area contributed by atoms with Gasteiger partial charge in [0.2, 0.25) is 0 Å². The monoisotopic (exact) mass is 330 g/mol. The second-order valence-electron chi connectivity index (χ2n) is 6.54. The molecule has 2 heterocycles. The van der Waals surface area contributed by atoms with Crippen molar-refractivity contribution in [1.29, 1.82) is 0 Å². The highest BCUT2D eigenvalue weighted by molar-refractivity contribution is 7.09. The molecular weight excluding hydrogens is 308 g/mol. The molecule has 1 atom stereocenters. The van der Waals surface area contributed by atoms with Gasteiger partial charge in [-0.1, -0.05) is 30.3 Å². The van der Waals surface area contributed by atoms with Crippen LogP contribution in [0.25, 0.3) is 0 Å². The van der Waals surface area contributed by atoms with Gasteiger partial charge in [0.05, 0.1) is 16.1 Å². The van der Waals surface area contributed by atoms with E-state index < -0.39 is 11.4 Å². The average Bonchev–Trinajstić information content (AvgIpc) is 3.14. The van der Waals surface area contributed by atoms with Crippen LogP contribution in [0.5, 0.6) is 0 Å². The second kappa shape index (κ2) is 6.81. The molecule has 5 heteroatoms. The molecule has 1 fully saturated rings. The second-order valence-corrected chi connectivity index (χ2v) is 7.49. The lowest BCUT2D eigenvalue weighted by molar-refractivity contribution is -0.147. The van der Waals surface area contributed by atoms with Crippen LogP contribution in [0.15, 0.2) is 35.7 Å². The van der Waals surface area contributed by atoms with Crippen LogP contribution in [0.4, 0.5) is 0 Å². The summed E-state index contributed by atoms with van der Waals surface area (Å²) in [6.07, 6.45) is 2.68. The molecule has 0 radical (unpaired) electrons. The maximum absolute atomic E-state index is 11.3. The summed E-state index contributed by atoms with van der Waals surface area (Å²) in [5.74, 6) is -0.693. The van der Waals surface area contributed by atoms with E-state index in [4.69, 9.17) is 4.98 Å². The molecule has 23 heavy (non-hydrogen) atoms. The molecule has 0 aliphatic carbocycles. The van der Waals surface area contributed by atoms with Gasteiger partial charge in [0.25, 0.3) is 0 Å². The number of thiazole rings is 1. The number of carboxylic acid groups (broad SMARTS) is 1. The zero-order valence-corrected chi connectivity index (χ0v) is 14.2. The Kier molecular flexibility index (Phi) is 4.78. The molecular formula is C18H22N2O2S. The van der Waals surface area contributed by atoms with Crippen LogP contribution in [0.1, 0.15) is 29.6 Å². The number of aliphatic carboxylic acids is 1. The lowest BCUT2D eigenvalue weighted by Gasteiger charge is -2.19. The molecule has 1 aliphatic rings. The van der Waals surface area contributed by atoms with Crippen molar-refractivity contribution in [3.63, 3.8) is 0 Å². The number of aryl methyl sites for hydroxylation is 2. The van der Waals surface area contributed by atoms with Crippen molar-refractivity contribution in [2.24, 2.45) is 5.41 Å². The van der Waals surface area contributed by atoms with Crippen LogP contribution in [0.3, 0.4) is 0 Å². The number of benzene rings is 1. The Hall–Kier alpha value is -1.72. The summed E-state index contributed by atoms with van der Waals surface area (Å²) in [5, 5.41) is 12.6. The Balaban J connectivity index is 1.53. The smallest absolute Gasteiger partial charge is 0.310 e. The Morgan fingerprint density at radius 2 is 2.13 bits per heavy atom. The van der Waals surface area contributed by atoms with Crippen molar-refractivity contribution in [2.75, 3.05) is 13.1 Å². The van der Waals surface area contributed by atoms with Crippen LogP contribution in [-0.4, -0.2) is 34.0 Å². The normalized spacial score (nSPS) is 21.6. The first kappa shape index (κ1) is 16.1. The Morgan fingerprint density at radius 3 is 2.83 bits per heavy atom. The van der Waals surface area contributed by atoms with Gasteiger partial charge >= 0.3 is 5.97 Å². The van der Waals surface area contributed by atoms with Gasteiger partial charge in [-0.15, -0.1) is 11.3 Å². The predicted octanol–water partition coefficient (Wildman–Crippen LogP) is 3.22. The van der Waals surface area contributed by atoms with Crippen molar-refractivity contribution in [2.45, 2.75) is 32.7 Å². The minimum atomic E-state index is -0.693. The largest absolute Gasteiger partial charge is 0.481 e. The molecule has 1 saturated heterocycles. The highest BCUT2D eigenvalue weighted by Crippen LogP contribution is 2.31. The van der Waals surface area contributed by atoms with E-state index in [1.54, 1.807) is 11.3 Å². The van der Waals surface area contributed by atoms with Crippen molar-refractivity contribution >= 4 is 17.3 Å². The third kappa shape index (κ3) is 3.98. The van der Waals surface area contributed by atoms with E-state index in [0.29, 0.717) is 13.0 Å². The maximum atomic E-state index is 11.3. The van der Waals surface area contributed by atoms with Crippen LogP contribution in [0.2, 0.25) is 0 Å². The number of carbonyl (C=O) groups is 1. The van der Waals surface area contributed by atoms with Crippen molar-refractivity contribution < 1.29 is 9.90 Å². The molecule has 1 N–H and O–H groups in total. The number of hydrogen-bond donors (Lipinski definition) is 1. The highest BCUT2D eigenvalue weighted by Gasteiger charge is 2.40. The zero-order chi connectivity index (χ0) is 16.3. The fraction of sp³-hybridized carbons (Fsp3) is 0.444. The summed E-state index contributed by atoms with van der Waals surface area (Å²) in [7, 11) is 0. The van der Waals surface area contributed by atoms with Gasteiger partial charge in [0.1, 0.15) is 0 Å². The molecule has 0 amide bonds.